The first-order valence-electron chi connectivity index (χ1n) is 7.21. The molecule has 0 aliphatic carbocycles. The summed E-state index contributed by atoms with van der Waals surface area (Å²) in [6.07, 6.45) is 0.827. The highest BCUT2D eigenvalue weighted by molar-refractivity contribution is 6.33. The van der Waals surface area contributed by atoms with Gasteiger partial charge in [0.25, 0.3) is 0 Å². The van der Waals surface area contributed by atoms with E-state index in [0.29, 0.717) is 28.9 Å². The van der Waals surface area contributed by atoms with Crippen molar-refractivity contribution < 1.29 is 4.42 Å². The van der Waals surface area contributed by atoms with Crippen molar-refractivity contribution in [1.82, 2.24) is 4.98 Å². The van der Waals surface area contributed by atoms with Crippen LogP contribution in [-0.4, -0.2) is 11.5 Å². The zero-order valence-electron chi connectivity index (χ0n) is 12.3. The molecule has 1 N–H and O–H groups in total. The minimum Gasteiger partial charge on any atom is -0.419 e. The molecule has 1 aromatic heterocycles. The Balaban J connectivity index is 1.75. The maximum Gasteiger partial charge on any atom is 0.232 e. The molecule has 0 radical (unpaired) electrons. The van der Waals surface area contributed by atoms with Crippen LogP contribution in [0.5, 0.6) is 0 Å². The molecule has 23 heavy (non-hydrogen) atoms. The molecule has 1 heterocycles. The lowest BCUT2D eigenvalue weighted by molar-refractivity contribution is 0.585. The molecule has 114 valence electrons. The molecular formula is C18H14ClN3O. The van der Waals surface area contributed by atoms with Gasteiger partial charge in [-0.2, -0.15) is 10.2 Å². The second-order valence-electron chi connectivity index (χ2n) is 4.95. The van der Waals surface area contributed by atoms with Gasteiger partial charge in [-0.1, -0.05) is 54.1 Å². The van der Waals surface area contributed by atoms with E-state index < -0.39 is 0 Å². The summed E-state index contributed by atoms with van der Waals surface area (Å²) < 4.78 is 5.68. The molecule has 0 bridgehead atoms. The standard InChI is InChI=1S/C18H14ClN3O/c19-15-9-5-4-8-14(15)17-22-16(12-20)18(23-17)21-11-10-13-6-2-1-3-7-13/h1-9,21H,10-11H2. The lowest BCUT2D eigenvalue weighted by Gasteiger charge is -2.03. The number of rotatable bonds is 5. The van der Waals surface area contributed by atoms with Gasteiger partial charge in [-0.15, -0.1) is 0 Å². The monoisotopic (exact) mass is 323 g/mol. The maximum absolute atomic E-state index is 9.22. The highest BCUT2D eigenvalue weighted by Crippen LogP contribution is 2.30. The molecule has 3 rings (SSSR count). The van der Waals surface area contributed by atoms with Gasteiger partial charge in [0.15, 0.2) is 0 Å². The first kappa shape index (κ1) is 15.1. The number of nitriles is 1. The molecule has 0 aliphatic rings. The number of hydrogen-bond donors (Lipinski definition) is 1. The lowest BCUT2D eigenvalue weighted by atomic mass is 10.1. The van der Waals surface area contributed by atoms with Gasteiger partial charge in [0.05, 0.1) is 10.6 Å². The van der Waals surface area contributed by atoms with Gasteiger partial charge in [-0.3, -0.25) is 0 Å². The predicted octanol–water partition coefficient (Wildman–Crippen LogP) is 4.52. The van der Waals surface area contributed by atoms with Crippen molar-refractivity contribution in [3.63, 3.8) is 0 Å². The Labute approximate surface area is 139 Å². The molecule has 2 aromatic carbocycles. The Morgan fingerprint density at radius 3 is 2.57 bits per heavy atom. The van der Waals surface area contributed by atoms with Crippen molar-refractivity contribution in [3.05, 3.63) is 70.9 Å². The van der Waals surface area contributed by atoms with Crippen molar-refractivity contribution in [2.24, 2.45) is 0 Å². The predicted molar refractivity (Wildman–Crippen MR) is 90.3 cm³/mol. The van der Waals surface area contributed by atoms with Crippen molar-refractivity contribution in [2.75, 3.05) is 11.9 Å². The summed E-state index contributed by atoms with van der Waals surface area (Å²) >= 11 is 6.14. The molecule has 0 fully saturated rings. The minimum atomic E-state index is 0.230. The quantitative estimate of drug-likeness (QED) is 0.749. The van der Waals surface area contributed by atoms with Gasteiger partial charge >= 0.3 is 0 Å². The zero-order valence-corrected chi connectivity index (χ0v) is 13.0. The Kier molecular flexibility index (Phi) is 4.60. The van der Waals surface area contributed by atoms with Gasteiger partial charge in [0.2, 0.25) is 17.5 Å². The van der Waals surface area contributed by atoms with Crippen LogP contribution in [0, 0.1) is 11.3 Å². The first-order valence-corrected chi connectivity index (χ1v) is 7.59. The molecule has 0 amide bonds. The second kappa shape index (κ2) is 6.99. The van der Waals surface area contributed by atoms with Crippen molar-refractivity contribution in [2.45, 2.75) is 6.42 Å². The third-order valence-electron chi connectivity index (χ3n) is 3.38. The second-order valence-corrected chi connectivity index (χ2v) is 5.36. The topological polar surface area (TPSA) is 61.9 Å². The van der Waals surface area contributed by atoms with Gasteiger partial charge in [-0.05, 0) is 24.1 Å². The molecule has 0 saturated carbocycles. The summed E-state index contributed by atoms with van der Waals surface area (Å²) in [7, 11) is 0. The van der Waals surface area contributed by atoms with E-state index >= 15 is 0 Å². The van der Waals surface area contributed by atoms with Crippen LogP contribution in [0.15, 0.2) is 59.0 Å². The Bertz CT molecular complexity index is 837. The fourth-order valence-corrected chi connectivity index (χ4v) is 2.45. The zero-order chi connectivity index (χ0) is 16.1. The number of nitrogens with zero attached hydrogens (tertiary/aromatic N) is 2. The summed E-state index contributed by atoms with van der Waals surface area (Å²) in [4.78, 5) is 4.21. The van der Waals surface area contributed by atoms with Crippen LogP contribution in [0.25, 0.3) is 11.5 Å². The molecule has 0 unspecified atom stereocenters. The number of benzene rings is 2. The van der Waals surface area contributed by atoms with E-state index in [1.54, 1.807) is 6.07 Å². The number of hydrogen-bond acceptors (Lipinski definition) is 4. The minimum absolute atomic E-state index is 0.230. The van der Waals surface area contributed by atoms with E-state index in [9.17, 15) is 5.26 Å². The molecule has 0 aliphatic heterocycles. The van der Waals surface area contributed by atoms with Crippen molar-refractivity contribution in [3.8, 4) is 17.5 Å². The maximum atomic E-state index is 9.22. The lowest BCUT2D eigenvalue weighted by Crippen LogP contribution is -2.05. The fraction of sp³-hybridized carbons (Fsp3) is 0.111. The third kappa shape index (κ3) is 3.53. The SMILES string of the molecule is N#Cc1nc(-c2ccccc2Cl)oc1NCCc1ccccc1. The van der Waals surface area contributed by atoms with Gasteiger partial charge in [-0.25, -0.2) is 0 Å². The molecule has 0 atom stereocenters. The van der Waals surface area contributed by atoms with E-state index in [1.165, 1.54) is 5.56 Å². The number of nitrogens with one attached hydrogen (secondary N) is 1. The van der Waals surface area contributed by atoms with Crippen LogP contribution in [0.1, 0.15) is 11.3 Å². The van der Waals surface area contributed by atoms with Crippen molar-refractivity contribution >= 4 is 17.5 Å². The average Bonchev–Trinajstić information content (AvgIpc) is 2.99. The Morgan fingerprint density at radius 1 is 1.09 bits per heavy atom. The summed E-state index contributed by atoms with van der Waals surface area (Å²) in [5.41, 5.74) is 2.11. The normalized spacial score (nSPS) is 10.3. The molecular weight excluding hydrogens is 310 g/mol. The molecule has 3 aromatic rings. The van der Waals surface area contributed by atoms with E-state index in [1.807, 2.05) is 42.5 Å². The van der Waals surface area contributed by atoms with Crippen LogP contribution in [0.2, 0.25) is 5.02 Å². The summed E-state index contributed by atoms with van der Waals surface area (Å²) in [6, 6.07) is 19.4. The Hall–Kier alpha value is -2.77. The van der Waals surface area contributed by atoms with E-state index in [-0.39, 0.29) is 5.69 Å². The van der Waals surface area contributed by atoms with Crippen molar-refractivity contribution in [1.29, 1.82) is 5.26 Å². The van der Waals surface area contributed by atoms with E-state index in [4.69, 9.17) is 16.0 Å². The fourth-order valence-electron chi connectivity index (χ4n) is 2.23. The molecule has 4 nitrogen and oxygen atoms in total. The Morgan fingerprint density at radius 2 is 1.83 bits per heavy atom. The summed E-state index contributed by atoms with van der Waals surface area (Å²) in [5.74, 6) is 0.715. The van der Waals surface area contributed by atoms with Crippen LogP contribution in [0.4, 0.5) is 5.88 Å². The largest absolute Gasteiger partial charge is 0.419 e. The van der Waals surface area contributed by atoms with Gasteiger partial charge in [0.1, 0.15) is 6.07 Å². The number of anilines is 1. The van der Waals surface area contributed by atoms with Gasteiger partial charge < -0.3 is 9.73 Å². The number of halogens is 1. The molecule has 5 heteroatoms. The smallest absolute Gasteiger partial charge is 0.232 e. The summed E-state index contributed by atoms with van der Waals surface area (Å²) in [5, 5.41) is 12.9. The number of oxazole rings is 1. The first-order chi connectivity index (χ1) is 11.3. The summed E-state index contributed by atoms with van der Waals surface area (Å²) in [6.45, 7) is 0.649. The molecule has 0 spiro atoms. The number of aromatic nitrogens is 1. The van der Waals surface area contributed by atoms with Crippen LogP contribution < -0.4 is 5.32 Å². The molecule has 0 saturated heterocycles. The van der Waals surface area contributed by atoms with E-state index in [2.05, 4.69) is 22.4 Å². The third-order valence-corrected chi connectivity index (χ3v) is 3.71. The van der Waals surface area contributed by atoms with Gasteiger partial charge in [0, 0.05) is 6.54 Å². The highest BCUT2D eigenvalue weighted by Gasteiger charge is 2.15. The van der Waals surface area contributed by atoms with Crippen LogP contribution in [-0.2, 0) is 6.42 Å². The average molecular weight is 324 g/mol. The van der Waals surface area contributed by atoms with Crippen LogP contribution >= 0.6 is 11.6 Å². The van der Waals surface area contributed by atoms with E-state index in [0.717, 1.165) is 6.42 Å². The highest BCUT2D eigenvalue weighted by atomic mass is 35.5. The van der Waals surface area contributed by atoms with Crippen LogP contribution in [0.3, 0.4) is 0 Å².